The molecule has 0 bridgehead atoms. The van der Waals surface area contributed by atoms with Crippen molar-refractivity contribution in [3.8, 4) is 17.1 Å². The average Bonchev–Trinajstić information content (AvgIpc) is 3.03. The Labute approximate surface area is 152 Å². The lowest BCUT2D eigenvalue weighted by Gasteiger charge is -2.10. The van der Waals surface area contributed by atoms with Crippen LogP contribution in [0.15, 0.2) is 48.5 Å². The normalized spacial score (nSPS) is 11.0. The zero-order chi connectivity index (χ0) is 17.6. The first-order chi connectivity index (χ1) is 12.1. The number of aromatic nitrogens is 4. The molecular weight excluding hydrogens is 336 g/mol. The van der Waals surface area contributed by atoms with E-state index in [1.54, 1.807) is 0 Å². The van der Waals surface area contributed by atoms with Crippen molar-refractivity contribution in [1.29, 1.82) is 0 Å². The molecule has 0 spiro atoms. The summed E-state index contributed by atoms with van der Waals surface area (Å²) in [6.07, 6.45) is 0.801. The molecule has 5 nitrogen and oxygen atoms in total. The van der Waals surface area contributed by atoms with Crippen molar-refractivity contribution in [2.75, 3.05) is 6.61 Å². The molecule has 0 fully saturated rings. The number of ether oxygens (including phenoxy) is 1. The van der Waals surface area contributed by atoms with Crippen molar-refractivity contribution < 1.29 is 4.74 Å². The minimum absolute atomic E-state index is 0.472. The third-order valence-corrected chi connectivity index (χ3v) is 3.95. The summed E-state index contributed by atoms with van der Waals surface area (Å²) in [5, 5.41) is 12.8. The molecule has 0 saturated heterocycles. The molecule has 0 saturated carbocycles. The standard InChI is InChI=1S/C19H21ClN4O/c1-14(2)13-24-19(21-22-23-24)16-6-4-8-18(12-16)25-10-9-15-5-3-7-17(20)11-15/h3-8,11-12,14H,9-10,13H2,1-2H3. The Morgan fingerprint density at radius 3 is 2.76 bits per heavy atom. The Kier molecular flexibility index (Phi) is 5.66. The van der Waals surface area contributed by atoms with Crippen molar-refractivity contribution >= 4 is 11.6 Å². The van der Waals surface area contributed by atoms with Crippen LogP contribution in [-0.2, 0) is 13.0 Å². The van der Waals surface area contributed by atoms with Crippen molar-refractivity contribution in [2.45, 2.75) is 26.8 Å². The summed E-state index contributed by atoms with van der Waals surface area (Å²) in [6.45, 7) is 5.64. The van der Waals surface area contributed by atoms with Crippen molar-refractivity contribution in [3.63, 3.8) is 0 Å². The topological polar surface area (TPSA) is 52.8 Å². The molecule has 0 aliphatic heterocycles. The molecule has 3 aromatic rings. The first-order valence-electron chi connectivity index (χ1n) is 8.35. The van der Waals surface area contributed by atoms with Crippen molar-refractivity contribution in [1.82, 2.24) is 20.2 Å². The lowest BCUT2D eigenvalue weighted by molar-refractivity contribution is 0.322. The predicted molar refractivity (Wildman–Crippen MR) is 98.7 cm³/mol. The smallest absolute Gasteiger partial charge is 0.182 e. The van der Waals surface area contributed by atoms with Gasteiger partial charge in [0.15, 0.2) is 5.82 Å². The highest BCUT2D eigenvalue weighted by Crippen LogP contribution is 2.22. The van der Waals surface area contributed by atoms with Crippen LogP contribution in [0.1, 0.15) is 19.4 Å². The third kappa shape index (κ3) is 4.79. The number of hydrogen-bond acceptors (Lipinski definition) is 4. The summed E-state index contributed by atoms with van der Waals surface area (Å²) >= 11 is 6.01. The van der Waals surface area contributed by atoms with Gasteiger partial charge in [-0.15, -0.1) is 5.10 Å². The van der Waals surface area contributed by atoms with Gasteiger partial charge in [0.25, 0.3) is 0 Å². The molecule has 0 unspecified atom stereocenters. The van der Waals surface area contributed by atoms with Crippen LogP contribution in [0.25, 0.3) is 11.4 Å². The first-order valence-corrected chi connectivity index (χ1v) is 8.73. The second-order valence-corrected chi connectivity index (χ2v) is 6.77. The van der Waals surface area contributed by atoms with Gasteiger partial charge in [0, 0.05) is 23.6 Å². The summed E-state index contributed by atoms with van der Waals surface area (Å²) in [7, 11) is 0. The van der Waals surface area contributed by atoms with E-state index in [0.29, 0.717) is 12.5 Å². The maximum Gasteiger partial charge on any atom is 0.182 e. The van der Waals surface area contributed by atoms with E-state index in [-0.39, 0.29) is 0 Å². The number of rotatable bonds is 7. The highest BCUT2D eigenvalue weighted by Gasteiger charge is 2.11. The average molecular weight is 357 g/mol. The lowest BCUT2D eigenvalue weighted by Crippen LogP contribution is -2.08. The Bertz CT molecular complexity index is 832. The number of nitrogens with zero attached hydrogens (tertiary/aromatic N) is 4. The van der Waals surface area contributed by atoms with Crippen LogP contribution in [0.4, 0.5) is 0 Å². The van der Waals surface area contributed by atoms with Crippen LogP contribution in [0.2, 0.25) is 5.02 Å². The van der Waals surface area contributed by atoms with E-state index in [9.17, 15) is 0 Å². The number of benzene rings is 2. The molecule has 0 radical (unpaired) electrons. The van der Waals surface area contributed by atoms with Crippen LogP contribution in [-0.4, -0.2) is 26.8 Å². The second kappa shape index (κ2) is 8.12. The van der Waals surface area contributed by atoms with Crippen molar-refractivity contribution in [2.24, 2.45) is 5.92 Å². The van der Waals surface area contributed by atoms with E-state index in [1.165, 1.54) is 0 Å². The van der Waals surface area contributed by atoms with Crippen LogP contribution >= 0.6 is 11.6 Å². The van der Waals surface area contributed by atoms with Gasteiger partial charge >= 0.3 is 0 Å². The summed E-state index contributed by atoms with van der Waals surface area (Å²) in [6, 6.07) is 15.7. The second-order valence-electron chi connectivity index (χ2n) is 6.33. The van der Waals surface area contributed by atoms with Crippen LogP contribution in [0.5, 0.6) is 5.75 Å². The minimum Gasteiger partial charge on any atom is -0.493 e. The Hall–Kier alpha value is -2.40. The summed E-state index contributed by atoms with van der Waals surface area (Å²) in [4.78, 5) is 0. The fourth-order valence-electron chi connectivity index (χ4n) is 2.58. The molecule has 1 heterocycles. The molecule has 0 aliphatic rings. The first kappa shape index (κ1) is 17.4. The van der Waals surface area contributed by atoms with Gasteiger partial charge in [-0.1, -0.05) is 49.7 Å². The van der Waals surface area contributed by atoms with Gasteiger partial charge < -0.3 is 4.74 Å². The summed E-state index contributed by atoms with van der Waals surface area (Å²) < 4.78 is 7.72. The fourth-order valence-corrected chi connectivity index (χ4v) is 2.80. The van der Waals surface area contributed by atoms with Gasteiger partial charge in [-0.25, -0.2) is 4.68 Å². The Balaban J connectivity index is 1.66. The molecule has 6 heteroatoms. The molecule has 1 aromatic heterocycles. The van der Waals surface area contributed by atoms with E-state index < -0.39 is 0 Å². The molecule has 0 aliphatic carbocycles. The van der Waals surface area contributed by atoms with Gasteiger partial charge in [-0.2, -0.15) is 0 Å². The van der Waals surface area contributed by atoms with Gasteiger partial charge in [0.2, 0.25) is 0 Å². The van der Waals surface area contributed by atoms with Gasteiger partial charge in [-0.3, -0.25) is 0 Å². The van der Waals surface area contributed by atoms with E-state index >= 15 is 0 Å². The largest absolute Gasteiger partial charge is 0.493 e. The Morgan fingerprint density at radius 1 is 1.12 bits per heavy atom. The summed E-state index contributed by atoms with van der Waals surface area (Å²) in [5.74, 6) is 2.03. The SMILES string of the molecule is CC(C)Cn1nnnc1-c1cccc(OCCc2cccc(Cl)c2)c1. The van der Waals surface area contributed by atoms with Crippen LogP contribution in [0, 0.1) is 5.92 Å². The lowest BCUT2D eigenvalue weighted by atomic mass is 10.1. The zero-order valence-electron chi connectivity index (χ0n) is 14.4. The van der Waals surface area contributed by atoms with Gasteiger partial charge in [0.1, 0.15) is 5.75 Å². The number of tetrazole rings is 1. The fraction of sp³-hybridized carbons (Fsp3) is 0.316. The quantitative estimate of drug-likeness (QED) is 0.634. The maximum absolute atomic E-state index is 6.01. The highest BCUT2D eigenvalue weighted by molar-refractivity contribution is 6.30. The van der Waals surface area contributed by atoms with E-state index in [4.69, 9.17) is 16.3 Å². The highest BCUT2D eigenvalue weighted by atomic mass is 35.5. The van der Waals surface area contributed by atoms with E-state index in [1.807, 2.05) is 53.2 Å². The van der Waals surface area contributed by atoms with E-state index in [2.05, 4.69) is 29.4 Å². The predicted octanol–water partition coefficient (Wildman–Crippen LogP) is 4.27. The summed E-state index contributed by atoms with van der Waals surface area (Å²) in [5.41, 5.74) is 2.11. The molecule has 0 atom stereocenters. The minimum atomic E-state index is 0.472. The van der Waals surface area contributed by atoms with Crippen LogP contribution < -0.4 is 4.74 Å². The van der Waals surface area contributed by atoms with Crippen LogP contribution in [0.3, 0.4) is 0 Å². The third-order valence-electron chi connectivity index (χ3n) is 3.71. The number of hydrogen-bond donors (Lipinski definition) is 0. The van der Waals surface area contributed by atoms with E-state index in [0.717, 1.165) is 40.7 Å². The molecular formula is C19H21ClN4O. The zero-order valence-corrected chi connectivity index (χ0v) is 15.1. The van der Waals surface area contributed by atoms with Crippen molar-refractivity contribution in [3.05, 3.63) is 59.1 Å². The molecule has 0 N–H and O–H groups in total. The monoisotopic (exact) mass is 356 g/mol. The molecule has 2 aromatic carbocycles. The number of halogens is 1. The molecule has 0 amide bonds. The Morgan fingerprint density at radius 2 is 1.96 bits per heavy atom. The van der Waals surface area contributed by atoms with Gasteiger partial charge in [0.05, 0.1) is 6.61 Å². The molecule has 130 valence electrons. The maximum atomic E-state index is 6.01. The molecule has 3 rings (SSSR count). The molecule has 25 heavy (non-hydrogen) atoms. The van der Waals surface area contributed by atoms with Gasteiger partial charge in [-0.05, 0) is 46.2 Å².